The number of rotatable bonds is 4. The Kier molecular flexibility index (Phi) is 5.31. The van der Waals surface area contributed by atoms with Gasteiger partial charge in [0.2, 0.25) is 5.91 Å². The van der Waals surface area contributed by atoms with Gasteiger partial charge in [-0.1, -0.05) is 17.7 Å². The summed E-state index contributed by atoms with van der Waals surface area (Å²) in [5.74, 6) is -0.814. The van der Waals surface area contributed by atoms with Gasteiger partial charge in [0, 0.05) is 33.0 Å². The van der Waals surface area contributed by atoms with E-state index in [-0.39, 0.29) is 29.0 Å². The number of hydrogen-bond donors (Lipinski definition) is 1. The molecule has 0 saturated carbocycles. The fourth-order valence-corrected chi connectivity index (χ4v) is 2.93. The molecular formula is C20H21N5O4. The fraction of sp³-hybridized carbons (Fsp3) is 0.250. The molecule has 150 valence electrons. The number of nitrogens with zero attached hydrogens (tertiary/aromatic N) is 4. The lowest BCUT2D eigenvalue weighted by Gasteiger charge is -2.17. The van der Waals surface area contributed by atoms with Crippen molar-refractivity contribution in [3.63, 3.8) is 0 Å². The normalized spacial score (nSPS) is 10.8. The van der Waals surface area contributed by atoms with Gasteiger partial charge in [-0.2, -0.15) is 0 Å². The standard InChI is InChI=1S/C20H21N5O4/c1-12-5-7-14(8-6-12)22-16(26)11-23(2)18(27)13-9-15-17(21-10-13)24(3)20(29)25(4)19(15)28/h5-10H,11H2,1-4H3,(H,22,26). The molecule has 0 spiro atoms. The molecule has 3 aromatic rings. The highest BCUT2D eigenvalue weighted by Gasteiger charge is 2.18. The van der Waals surface area contributed by atoms with Crippen molar-refractivity contribution in [2.24, 2.45) is 14.1 Å². The minimum atomic E-state index is -0.537. The SMILES string of the molecule is Cc1ccc(NC(=O)CN(C)C(=O)c2cnc3c(c2)c(=O)n(C)c(=O)n3C)cc1. The van der Waals surface area contributed by atoms with Gasteiger partial charge in [0.05, 0.1) is 17.5 Å². The third-order valence-electron chi connectivity index (χ3n) is 4.60. The number of aryl methyl sites for hydroxylation is 2. The molecule has 0 atom stereocenters. The molecule has 1 N–H and O–H groups in total. The Hall–Kier alpha value is -3.75. The average Bonchev–Trinajstić information content (AvgIpc) is 2.71. The van der Waals surface area contributed by atoms with Crippen LogP contribution in [0.5, 0.6) is 0 Å². The molecule has 3 rings (SSSR count). The molecule has 0 fully saturated rings. The van der Waals surface area contributed by atoms with Crippen molar-refractivity contribution in [1.29, 1.82) is 0 Å². The van der Waals surface area contributed by atoms with Crippen LogP contribution in [-0.4, -0.2) is 44.4 Å². The fourth-order valence-electron chi connectivity index (χ4n) is 2.93. The van der Waals surface area contributed by atoms with Crippen LogP contribution in [0.3, 0.4) is 0 Å². The van der Waals surface area contributed by atoms with Crippen LogP contribution >= 0.6 is 0 Å². The van der Waals surface area contributed by atoms with Crippen LogP contribution in [0.15, 0.2) is 46.1 Å². The van der Waals surface area contributed by atoms with E-state index in [1.54, 1.807) is 12.1 Å². The Labute approximate surface area is 166 Å². The van der Waals surface area contributed by atoms with E-state index in [9.17, 15) is 19.2 Å². The molecule has 2 amide bonds. The minimum absolute atomic E-state index is 0.151. The maximum atomic E-state index is 12.7. The number of aromatic nitrogens is 3. The average molecular weight is 395 g/mol. The van der Waals surface area contributed by atoms with Gasteiger partial charge in [-0.3, -0.25) is 23.5 Å². The molecular weight excluding hydrogens is 374 g/mol. The molecule has 0 unspecified atom stereocenters. The number of pyridine rings is 1. The largest absolute Gasteiger partial charge is 0.332 e. The first-order valence-corrected chi connectivity index (χ1v) is 8.87. The number of fused-ring (bicyclic) bond motifs is 1. The van der Waals surface area contributed by atoms with Gasteiger partial charge in [0.25, 0.3) is 11.5 Å². The van der Waals surface area contributed by atoms with E-state index in [1.807, 2.05) is 19.1 Å². The van der Waals surface area contributed by atoms with Gasteiger partial charge in [-0.25, -0.2) is 9.78 Å². The summed E-state index contributed by atoms with van der Waals surface area (Å²) in [6.07, 6.45) is 1.29. The lowest BCUT2D eigenvalue weighted by atomic mass is 10.2. The lowest BCUT2D eigenvalue weighted by Crippen LogP contribution is -2.38. The number of nitrogens with one attached hydrogen (secondary N) is 1. The Morgan fingerprint density at radius 1 is 1.10 bits per heavy atom. The first-order valence-electron chi connectivity index (χ1n) is 8.87. The summed E-state index contributed by atoms with van der Waals surface area (Å²) in [6.45, 7) is 1.77. The van der Waals surface area contributed by atoms with E-state index in [1.165, 1.54) is 42.9 Å². The number of benzene rings is 1. The highest BCUT2D eigenvalue weighted by molar-refractivity contribution is 6.00. The number of anilines is 1. The molecule has 0 aliphatic carbocycles. The number of likely N-dealkylation sites (N-methyl/N-ethyl adjacent to an activating group) is 1. The van der Waals surface area contributed by atoms with Crippen LogP contribution in [0.1, 0.15) is 15.9 Å². The molecule has 2 heterocycles. The van der Waals surface area contributed by atoms with Crippen molar-refractivity contribution in [2.75, 3.05) is 18.9 Å². The molecule has 9 heteroatoms. The Morgan fingerprint density at radius 3 is 2.41 bits per heavy atom. The van der Waals surface area contributed by atoms with Crippen molar-refractivity contribution in [3.8, 4) is 0 Å². The molecule has 9 nitrogen and oxygen atoms in total. The predicted molar refractivity (Wildman–Crippen MR) is 109 cm³/mol. The van der Waals surface area contributed by atoms with Crippen LogP contribution in [-0.2, 0) is 18.9 Å². The lowest BCUT2D eigenvalue weighted by molar-refractivity contribution is -0.116. The van der Waals surface area contributed by atoms with Gasteiger partial charge < -0.3 is 10.2 Å². The van der Waals surface area contributed by atoms with Crippen LogP contribution in [0.25, 0.3) is 11.0 Å². The first-order chi connectivity index (χ1) is 13.7. The third-order valence-corrected chi connectivity index (χ3v) is 4.60. The monoisotopic (exact) mass is 395 g/mol. The van der Waals surface area contributed by atoms with Gasteiger partial charge >= 0.3 is 5.69 Å². The van der Waals surface area contributed by atoms with Crippen LogP contribution in [0.2, 0.25) is 0 Å². The molecule has 0 bridgehead atoms. The second-order valence-corrected chi connectivity index (χ2v) is 6.88. The summed E-state index contributed by atoms with van der Waals surface area (Å²) in [4.78, 5) is 54.6. The van der Waals surface area contributed by atoms with Gasteiger partial charge in [-0.05, 0) is 25.1 Å². The number of carbonyl (C=O) groups is 2. The van der Waals surface area contributed by atoms with E-state index in [0.29, 0.717) is 5.69 Å². The smallest absolute Gasteiger partial charge is 0.332 e. The molecule has 0 aliphatic rings. The van der Waals surface area contributed by atoms with E-state index in [4.69, 9.17) is 0 Å². The highest BCUT2D eigenvalue weighted by Crippen LogP contribution is 2.11. The number of amides is 2. The molecule has 2 aromatic heterocycles. The Morgan fingerprint density at radius 2 is 1.76 bits per heavy atom. The maximum absolute atomic E-state index is 12.7. The molecule has 0 saturated heterocycles. The van der Waals surface area contributed by atoms with Gasteiger partial charge in [0.15, 0.2) is 0 Å². The van der Waals surface area contributed by atoms with Crippen molar-refractivity contribution < 1.29 is 9.59 Å². The van der Waals surface area contributed by atoms with Crippen molar-refractivity contribution in [2.45, 2.75) is 6.92 Å². The first kappa shape index (κ1) is 20.0. The molecule has 1 aromatic carbocycles. The van der Waals surface area contributed by atoms with Gasteiger partial charge in [-0.15, -0.1) is 0 Å². The van der Waals surface area contributed by atoms with Crippen molar-refractivity contribution in [3.05, 3.63) is 68.5 Å². The van der Waals surface area contributed by atoms with Crippen molar-refractivity contribution in [1.82, 2.24) is 19.0 Å². The van der Waals surface area contributed by atoms with Crippen molar-refractivity contribution >= 4 is 28.5 Å². The quantitative estimate of drug-likeness (QED) is 0.698. The topological polar surface area (TPSA) is 106 Å². The minimum Gasteiger partial charge on any atom is -0.332 e. The summed E-state index contributed by atoms with van der Waals surface area (Å²) < 4.78 is 2.20. The zero-order valence-corrected chi connectivity index (χ0v) is 16.6. The summed E-state index contributed by atoms with van der Waals surface area (Å²) in [6, 6.07) is 8.70. The third kappa shape index (κ3) is 3.93. The summed E-state index contributed by atoms with van der Waals surface area (Å²) in [5, 5.41) is 2.88. The maximum Gasteiger partial charge on any atom is 0.332 e. The summed E-state index contributed by atoms with van der Waals surface area (Å²) >= 11 is 0. The van der Waals surface area contributed by atoms with Crippen LogP contribution < -0.4 is 16.6 Å². The highest BCUT2D eigenvalue weighted by atomic mass is 16.2. The van der Waals surface area contributed by atoms with Gasteiger partial charge in [0.1, 0.15) is 5.65 Å². The number of hydrogen-bond acceptors (Lipinski definition) is 5. The Balaban J connectivity index is 1.81. The zero-order valence-electron chi connectivity index (χ0n) is 16.6. The summed E-state index contributed by atoms with van der Waals surface area (Å²) in [5.41, 5.74) is 1.01. The van der Waals surface area contributed by atoms with E-state index in [0.717, 1.165) is 10.1 Å². The van der Waals surface area contributed by atoms with E-state index < -0.39 is 17.2 Å². The second kappa shape index (κ2) is 7.70. The summed E-state index contributed by atoms with van der Waals surface area (Å²) in [7, 11) is 4.35. The Bertz CT molecular complexity index is 1220. The van der Waals surface area contributed by atoms with Crippen LogP contribution in [0.4, 0.5) is 5.69 Å². The second-order valence-electron chi connectivity index (χ2n) is 6.88. The van der Waals surface area contributed by atoms with E-state index >= 15 is 0 Å². The number of carbonyl (C=O) groups excluding carboxylic acids is 2. The molecule has 0 aliphatic heterocycles. The zero-order chi connectivity index (χ0) is 21.3. The molecule has 29 heavy (non-hydrogen) atoms. The molecule has 0 radical (unpaired) electrons. The predicted octanol–water partition coefficient (Wildman–Crippen LogP) is 0.651. The van der Waals surface area contributed by atoms with Crippen LogP contribution in [0, 0.1) is 6.92 Å². The van der Waals surface area contributed by atoms with E-state index in [2.05, 4.69) is 10.3 Å².